The number of nitrogens with two attached hydrogens (primary N) is 1. The number of benzene rings is 1. The molecule has 0 spiro atoms. The lowest BCUT2D eigenvalue weighted by molar-refractivity contribution is 0.392. The summed E-state index contributed by atoms with van der Waals surface area (Å²) < 4.78 is 5.19. The smallest absolute Gasteiger partial charge is 0.139 e. The Morgan fingerprint density at radius 1 is 1.28 bits per heavy atom. The first-order chi connectivity index (χ1) is 8.50. The lowest BCUT2D eigenvalue weighted by Gasteiger charge is -2.17. The van der Waals surface area contributed by atoms with Crippen molar-refractivity contribution in [3.63, 3.8) is 0 Å². The Morgan fingerprint density at radius 2 is 2.00 bits per heavy atom. The zero-order valence-electron chi connectivity index (χ0n) is 11.2. The highest BCUT2D eigenvalue weighted by molar-refractivity contribution is 5.70. The van der Waals surface area contributed by atoms with Crippen LogP contribution in [0, 0.1) is 20.8 Å². The lowest BCUT2D eigenvalue weighted by atomic mass is 10.1. The Balaban J connectivity index is 2.27. The fourth-order valence-corrected chi connectivity index (χ4v) is 2.22. The molecule has 1 aromatic carbocycles. The van der Waals surface area contributed by atoms with Crippen LogP contribution in [0.2, 0.25) is 0 Å². The molecule has 2 aromatic rings. The number of para-hydroxylation sites is 1. The summed E-state index contributed by atoms with van der Waals surface area (Å²) in [5.41, 5.74) is 10.9. The van der Waals surface area contributed by atoms with Crippen LogP contribution < -0.4 is 11.1 Å². The van der Waals surface area contributed by atoms with Crippen molar-refractivity contribution in [3.8, 4) is 0 Å². The summed E-state index contributed by atoms with van der Waals surface area (Å²) in [6.07, 6.45) is 0. The molecule has 1 atom stereocenters. The van der Waals surface area contributed by atoms with Gasteiger partial charge in [-0.15, -0.1) is 0 Å². The lowest BCUT2D eigenvalue weighted by Crippen LogP contribution is -2.10. The van der Waals surface area contributed by atoms with Gasteiger partial charge >= 0.3 is 0 Å². The Kier molecular flexibility index (Phi) is 3.28. The quantitative estimate of drug-likeness (QED) is 0.814. The summed E-state index contributed by atoms with van der Waals surface area (Å²) in [7, 11) is 0. The summed E-state index contributed by atoms with van der Waals surface area (Å²) in [5, 5.41) is 7.38. The SMILES string of the molecule is Cc1cccc(NC(C)c2c(C)noc2C)c1N. The average molecular weight is 245 g/mol. The molecule has 0 radical (unpaired) electrons. The number of nitrogens with one attached hydrogen (secondary N) is 1. The van der Waals surface area contributed by atoms with E-state index in [0.29, 0.717) is 0 Å². The van der Waals surface area contributed by atoms with E-state index in [1.54, 1.807) is 0 Å². The van der Waals surface area contributed by atoms with E-state index in [0.717, 1.165) is 34.0 Å². The molecule has 18 heavy (non-hydrogen) atoms. The molecule has 1 aromatic heterocycles. The number of hydrogen-bond acceptors (Lipinski definition) is 4. The van der Waals surface area contributed by atoms with Crippen LogP contribution >= 0.6 is 0 Å². The van der Waals surface area contributed by atoms with Gasteiger partial charge in [0, 0.05) is 5.56 Å². The summed E-state index contributed by atoms with van der Waals surface area (Å²) >= 11 is 0. The van der Waals surface area contributed by atoms with Gasteiger partial charge in [-0.3, -0.25) is 0 Å². The Morgan fingerprint density at radius 3 is 2.61 bits per heavy atom. The number of aromatic nitrogens is 1. The molecule has 0 amide bonds. The zero-order valence-corrected chi connectivity index (χ0v) is 11.2. The Labute approximate surface area is 107 Å². The first-order valence-electron chi connectivity index (χ1n) is 6.05. The molecule has 0 aliphatic rings. The molecule has 0 aliphatic heterocycles. The van der Waals surface area contributed by atoms with Crippen LogP contribution in [0.4, 0.5) is 11.4 Å². The van der Waals surface area contributed by atoms with Gasteiger partial charge in [0.25, 0.3) is 0 Å². The van der Waals surface area contributed by atoms with Gasteiger partial charge in [-0.1, -0.05) is 17.3 Å². The molecule has 0 fully saturated rings. The second-order valence-electron chi connectivity index (χ2n) is 4.64. The zero-order chi connectivity index (χ0) is 13.3. The summed E-state index contributed by atoms with van der Waals surface area (Å²) in [6.45, 7) is 7.95. The van der Waals surface area contributed by atoms with Gasteiger partial charge < -0.3 is 15.6 Å². The van der Waals surface area contributed by atoms with Crippen LogP contribution in [0.3, 0.4) is 0 Å². The minimum Gasteiger partial charge on any atom is -0.397 e. The van der Waals surface area contributed by atoms with E-state index in [4.69, 9.17) is 10.3 Å². The average Bonchev–Trinajstić information content (AvgIpc) is 2.65. The summed E-state index contributed by atoms with van der Waals surface area (Å²) in [4.78, 5) is 0. The van der Waals surface area contributed by atoms with E-state index in [1.807, 2.05) is 39.0 Å². The topological polar surface area (TPSA) is 64.1 Å². The number of nitrogens with zero attached hydrogens (tertiary/aromatic N) is 1. The van der Waals surface area contributed by atoms with Gasteiger partial charge in [-0.25, -0.2) is 0 Å². The third kappa shape index (κ3) is 2.18. The monoisotopic (exact) mass is 245 g/mol. The molecule has 0 aliphatic carbocycles. The summed E-state index contributed by atoms with van der Waals surface area (Å²) in [6, 6.07) is 6.09. The van der Waals surface area contributed by atoms with Crippen molar-refractivity contribution in [2.75, 3.05) is 11.1 Å². The Hall–Kier alpha value is -1.97. The first-order valence-corrected chi connectivity index (χ1v) is 6.05. The van der Waals surface area contributed by atoms with Crippen LogP contribution in [0.25, 0.3) is 0 Å². The van der Waals surface area contributed by atoms with E-state index in [2.05, 4.69) is 17.4 Å². The fraction of sp³-hybridized carbons (Fsp3) is 0.357. The van der Waals surface area contributed by atoms with Gasteiger partial charge in [0.1, 0.15) is 5.76 Å². The maximum Gasteiger partial charge on any atom is 0.139 e. The number of hydrogen-bond donors (Lipinski definition) is 2. The molecule has 1 heterocycles. The van der Waals surface area contributed by atoms with E-state index in [1.165, 1.54) is 0 Å². The van der Waals surface area contributed by atoms with Crippen molar-refractivity contribution in [2.45, 2.75) is 33.7 Å². The third-order valence-corrected chi connectivity index (χ3v) is 3.22. The highest BCUT2D eigenvalue weighted by Crippen LogP contribution is 2.29. The van der Waals surface area contributed by atoms with Gasteiger partial charge in [0.15, 0.2) is 0 Å². The molecule has 4 heteroatoms. The molecule has 0 saturated carbocycles. The molecule has 0 saturated heterocycles. The van der Waals surface area contributed by atoms with Gasteiger partial charge in [-0.2, -0.15) is 0 Å². The van der Waals surface area contributed by atoms with Gasteiger partial charge in [0.05, 0.1) is 23.1 Å². The van der Waals surface area contributed by atoms with Gasteiger partial charge in [0.2, 0.25) is 0 Å². The third-order valence-electron chi connectivity index (χ3n) is 3.22. The number of rotatable bonds is 3. The van der Waals surface area contributed by atoms with Crippen LogP contribution in [0.5, 0.6) is 0 Å². The molecule has 3 N–H and O–H groups in total. The number of nitrogen functional groups attached to an aromatic ring is 1. The normalized spacial score (nSPS) is 12.4. The number of aryl methyl sites for hydroxylation is 3. The molecule has 1 unspecified atom stereocenters. The van der Waals surface area contributed by atoms with E-state index in [9.17, 15) is 0 Å². The second kappa shape index (κ2) is 4.72. The van der Waals surface area contributed by atoms with E-state index in [-0.39, 0.29) is 6.04 Å². The van der Waals surface area contributed by atoms with Crippen LogP contribution in [0.1, 0.15) is 35.5 Å². The minimum atomic E-state index is 0.111. The molecule has 4 nitrogen and oxygen atoms in total. The molecular formula is C14H19N3O. The fourth-order valence-electron chi connectivity index (χ4n) is 2.22. The minimum absolute atomic E-state index is 0.111. The highest BCUT2D eigenvalue weighted by Gasteiger charge is 2.17. The van der Waals surface area contributed by atoms with Crippen molar-refractivity contribution < 1.29 is 4.52 Å². The van der Waals surface area contributed by atoms with Crippen molar-refractivity contribution in [1.82, 2.24) is 5.16 Å². The van der Waals surface area contributed by atoms with E-state index < -0.39 is 0 Å². The predicted molar refractivity (Wildman–Crippen MR) is 73.6 cm³/mol. The maximum atomic E-state index is 6.06. The van der Waals surface area contributed by atoms with Crippen molar-refractivity contribution >= 4 is 11.4 Å². The largest absolute Gasteiger partial charge is 0.397 e. The maximum absolute atomic E-state index is 6.06. The van der Waals surface area contributed by atoms with Crippen LogP contribution in [-0.2, 0) is 0 Å². The molecular weight excluding hydrogens is 226 g/mol. The standard InChI is InChI=1S/C14H19N3O/c1-8-6-5-7-12(14(8)15)16-9(2)13-10(3)17-18-11(13)4/h5-7,9,16H,15H2,1-4H3. The predicted octanol–water partition coefficient (Wildman–Crippen LogP) is 3.36. The highest BCUT2D eigenvalue weighted by atomic mass is 16.5. The van der Waals surface area contributed by atoms with Gasteiger partial charge in [-0.05, 0) is 39.3 Å². The second-order valence-corrected chi connectivity index (χ2v) is 4.64. The molecule has 0 bridgehead atoms. The molecule has 2 rings (SSSR count). The van der Waals surface area contributed by atoms with Crippen LogP contribution in [0.15, 0.2) is 22.7 Å². The van der Waals surface area contributed by atoms with Crippen LogP contribution in [-0.4, -0.2) is 5.16 Å². The summed E-state index contributed by atoms with van der Waals surface area (Å²) in [5.74, 6) is 0.846. The number of anilines is 2. The Bertz CT molecular complexity index is 541. The van der Waals surface area contributed by atoms with Crippen molar-refractivity contribution in [1.29, 1.82) is 0 Å². The first kappa shape index (κ1) is 12.5. The van der Waals surface area contributed by atoms with Crippen molar-refractivity contribution in [2.24, 2.45) is 0 Å². The van der Waals surface area contributed by atoms with Crippen molar-refractivity contribution in [3.05, 3.63) is 40.8 Å². The molecule has 96 valence electrons. The van der Waals surface area contributed by atoms with E-state index >= 15 is 0 Å².